The molecule has 0 atom stereocenters. The first-order valence-electron chi connectivity index (χ1n) is 7.88. The van der Waals surface area contributed by atoms with Gasteiger partial charge in [0.1, 0.15) is 11.6 Å². The van der Waals surface area contributed by atoms with Crippen LogP contribution in [0.3, 0.4) is 0 Å². The van der Waals surface area contributed by atoms with E-state index in [4.69, 9.17) is 11.6 Å². The zero-order chi connectivity index (χ0) is 17.6. The van der Waals surface area contributed by atoms with Gasteiger partial charge in [-0.3, -0.25) is 4.79 Å². The number of fused-ring (bicyclic) bond motifs is 1. The second-order valence-electron chi connectivity index (χ2n) is 5.60. The lowest BCUT2D eigenvalue weighted by Gasteiger charge is -2.04. The number of hydrogen-bond donors (Lipinski definition) is 2. The predicted molar refractivity (Wildman–Crippen MR) is 100 cm³/mol. The number of carbonyl (C=O) groups is 1. The monoisotopic (exact) mass is 349 g/mol. The Morgan fingerprint density at radius 2 is 2.04 bits per heavy atom. The lowest BCUT2D eigenvalue weighted by Crippen LogP contribution is -2.26. The molecule has 0 saturated carbocycles. The molecule has 1 aromatic heterocycles. The van der Waals surface area contributed by atoms with Gasteiger partial charge < -0.3 is 10.3 Å². The van der Waals surface area contributed by atoms with Crippen LogP contribution in [-0.4, -0.2) is 17.4 Å². The molecule has 0 saturated heterocycles. The number of nitriles is 1. The number of H-pyrrole nitrogens is 1. The van der Waals surface area contributed by atoms with Crippen LogP contribution in [0.1, 0.15) is 11.1 Å². The van der Waals surface area contributed by atoms with Crippen LogP contribution in [0.2, 0.25) is 5.02 Å². The number of aromatic nitrogens is 1. The maximum atomic E-state index is 12.2. The van der Waals surface area contributed by atoms with Gasteiger partial charge in [0.25, 0.3) is 5.91 Å². The minimum Gasteiger partial charge on any atom is -0.361 e. The zero-order valence-electron chi connectivity index (χ0n) is 13.4. The summed E-state index contributed by atoms with van der Waals surface area (Å²) < 4.78 is 0. The highest BCUT2D eigenvalue weighted by Crippen LogP contribution is 2.23. The lowest BCUT2D eigenvalue weighted by molar-refractivity contribution is -0.117. The molecular weight excluding hydrogens is 334 g/mol. The van der Waals surface area contributed by atoms with Gasteiger partial charge in [0, 0.05) is 34.2 Å². The molecule has 0 unspecified atom stereocenters. The van der Waals surface area contributed by atoms with E-state index >= 15 is 0 Å². The van der Waals surface area contributed by atoms with Crippen molar-refractivity contribution in [3.05, 3.63) is 76.5 Å². The smallest absolute Gasteiger partial charge is 0.261 e. The standard InChI is InChI=1S/C20H16ClN3O/c21-17-6-7-18-16(13-24-19(18)11-17)10-15(12-22)20(25)23-9-8-14-4-2-1-3-5-14/h1-7,10-11,13,24H,8-9H2,(H,23,25). The summed E-state index contributed by atoms with van der Waals surface area (Å²) >= 11 is 5.97. The summed E-state index contributed by atoms with van der Waals surface area (Å²) in [5.41, 5.74) is 2.85. The Kier molecular flexibility index (Phi) is 5.17. The summed E-state index contributed by atoms with van der Waals surface area (Å²) in [6.45, 7) is 0.478. The number of halogens is 1. The second kappa shape index (κ2) is 7.69. The van der Waals surface area contributed by atoms with Crippen molar-refractivity contribution in [3.63, 3.8) is 0 Å². The first kappa shape index (κ1) is 16.8. The van der Waals surface area contributed by atoms with Crippen molar-refractivity contribution in [1.82, 2.24) is 10.3 Å². The molecule has 2 N–H and O–H groups in total. The first-order chi connectivity index (χ1) is 12.2. The van der Waals surface area contributed by atoms with Crippen LogP contribution in [0.15, 0.2) is 60.3 Å². The minimum absolute atomic E-state index is 0.0731. The number of hydrogen-bond acceptors (Lipinski definition) is 2. The van der Waals surface area contributed by atoms with Crippen molar-refractivity contribution in [2.24, 2.45) is 0 Å². The number of aromatic amines is 1. The molecule has 0 aliphatic heterocycles. The van der Waals surface area contributed by atoms with Crippen molar-refractivity contribution in [1.29, 1.82) is 5.26 Å². The van der Waals surface area contributed by atoms with Gasteiger partial charge in [0.05, 0.1) is 0 Å². The highest BCUT2D eigenvalue weighted by molar-refractivity contribution is 6.31. The topological polar surface area (TPSA) is 68.7 Å². The molecule has 2 aromatic carbocycles. The highest BCUT2D eigenvalue weighted by atomic mass is 35.5. The maximum absolute atomic E-state index is 12.2. The molecule has 1 heterocycles. The number of nitrogens with one attached hydrogen (secondary N) is 2. The van der Waals surface area contributed by atoms with E-state index in [9.17, 15) is 10.1 Å². The SMILES string of the molecule is N#CC(=Cc1c[nH]c2cc(Cl)ccc12)C(=O)NCCc1ccccc1. The van der Waals surface area contributed by atoms with Gasteiger partial charge >= 0.3 is 0 Å². The van der Waals surface area contributed by atoms with Gasteiger partial charge in [0.2, 0.25) is 0 Å². The Balaban J connectivity index is 1.71. The molecule has 3 aromatic rings. The molecule has 0 bridgehead atoms. The Morgan fingerprint density at radius 3 is 2.80 bits per heavy atom. The van der Waals surface area contributed by atoms with Gasteiger partial charge in [-0.1, -0.05) is 48.0 Å². The predicted octanol–water partition coefficient (Wildman–Crippen LogP) is 4.09. The quantitative estimate of drug-likeness (QED) is 0.538. The zero-order valence-corrected chi connectivity index (χ0v) is 14.2. The fourth-order valence-corrected chi connectivity index (χ4v) is 2.78. The molecule has 0 spiro atoms. The van der Waals surface area contributed by atoms with E-state index in [1.54, 1.807) is 24.4 Å². The fourth-order valence-electron chi connectivity index (χ4n) is 2.60. The van der Waals surface area contributed by atoms with Gasteiger partial charge in [-0.2, -0.15) is 5.26 Å². The summed E-state index contributed by atoms with van der Waals surface area (Å²) in [5, 5.41) is 13.6. The van der Waals surface area contributed by atoms with Crippen LogP contribution in [0, 0.1) is 11.3 Å². The number of benzene rings is 2. The number of nitrogens with zero attached hydrogens (tertiary/aromatic N) is 1. The third-order valence-corrected chi connectivity index (χ3v) is 4.12. The molecule has 3 rings (SSSR count). The third-order valence-electron chi connectivity index (χ3n) is 3.88. The van der Waals surface area contributed by atoms with Crippen LogP contribution in [0.4, 0.5) is 0 Å². The van der Waals surface area contributed by atoms with E-state index in [2.05, 4.69) is 10.3 Å². The molecule has 1 amide bonds. The van der Waals surface area contributed by atoms with E-state index in [0.29, 0.717) is 11.6 Å². The Hall–Kier alpha value is -3.03. The van der Waals surface area contributed by atoms with Crippen LogP contribution >= 0.6 is 11.6 Å². The van der Waals surface area contributed by atoms with E-state index in [1.807, 2.05) is 42.5 Å². The average molecular weight is 350 g/mol. The van der Waals surface area contributed by atoms with E-state index in [0.717, 1.165) is 28.5 Å². The summed E-state index contributed by atoms with van der Waals surface area (Å²) in [7, 11) is 0. The molecule has 0 aliphatic carbocycles. The fraction of sp³-hybridized carbons (Fsp3) is 0.100. The van der Waals surface area contributed by atoms with E-state index in [1.165, 1.54) is 0 Å². The molecule has 0 radical (unpaired) electrons. The summed E-state index contributed by atoms with van der Waals surface area (Å²) in [4.78, 5) is 15.3. The molecule has 124 valence electrons. The van der Waals surface area contributed by atoms with Gasteiger partial charge in [0.15, 0.2) is 0 Å². The van der Waals surface area contributed by atoms with Crippen molar-refractivity contribution in [2.45, 2.75) is 6.42 Å². The summed E-state index contributed by atoms with van der Waals surface area (Å²) in [6.07, 6.45) is 4.07. The minimum atomic E-state index is -0.373. The third kappa shape index (κ3) is 4.09. The maximum Gasteiger partial charge on any atom is 0.261 e. The average Bonchev–Trinajstić information content (AvgIpc) is 3.02. The molecule has 5 heteroatoms. The number of rotatable bonds is 5. The number of carbonyl (C=O) groups excluding carboxylic acids is 1. The molecule has 0 aliphatic rings. The van der Waals surface area contributed by atoms with Crippen molar-refractivity contribution < 1.29 is 4.79 Å². The van der Waals surface area contributed by atoms with Gasteiger partial charge in [-0.05, 0) is 30.2 Å². The van der Waals surface area contributed by atoms with Crippen LogP contribution in [0.5, 0.6) is 0 Å². The highest BCUT2D eigenvalue weighted by Gasteiger charge is 2.10. The second-order valence-corrected chi connectivity index (χ2v) is 6.03. The van der Waals surface area contributed by atoms with Gasteiger partial charge in [-0.25, -0.2) is 0 Å². The summed E-state index contributed by atoms with van der Waals surface area (Å²) in [5.74, 6) is -0.373. The normalized spacial score (nSPS) is 11.3. The molecule has 25 heavy (non-hydrogen) atoms. The summed E-state index contributed by atoms with van der Waals surface area (Å²) in [6, 6.07) is 17.3. The van der Waals surface area contributed by atoms with Crippen LogP contribution in [0.25, 0.3) is 17.0 Å². The largest absolute Gasteiger partial charge is 0.361 e. The first-order valence-corrected chi connectivity index (χ1v) is 8.26. The van der Waals surface area contributed by atoms with E-state index < -0.39 is 0 Å². The Labute approximate surface area is 150 Å². The van der Waals surface area contributed by atoms with E-state index in [-0.39, 0.29) is 11.5 Å². The van der Waals surface area contributed by atoms with Crippen LogP contribution in [-0.2, 0) is 11.2 Å². The Morgan fingerprint density at radius 1 is 1.24 bits per heavy atom. The van der Waals surface area contributed by atoms with Crippen molar-refractivity contribution >= 4 is 34.5 Å². The number of amides is 1. The molecular formula is C20H16ClN3O. The van der Waals surface area contributed by atoms with Gasteiger partial charge in [-0.15, -0.1) is 0 Å². The van der Waals surface area contributed by atoms with Crippen molar-refractivity contribution in [3.8, 4) is 6.07 Å². The Bertz CT molecular complexity index is 968. The van der Waals surface area contributed by atoms with Crippen molar-refractivity contribution in [2.75, 3.05) is 6.54 Å². The van der Waals surface area contributed by atoms with Crippen LogP contribution < -0.4 is 5.32 Å². The lowest BCUT2D eigenvalue weighted by atomic mass is 10.1. The molecule has 4 nitrogen and oxygen atoms in total. The molecule has 0 fully saturated rings.